The molecule has 2 heterocycles. The zero-order valence-electron chi connectivity index (χ0n) is 12.2. The Bertz CT molecular complexity index is 392. The number of hydrogen-bond acceptors (Lipinski definition) is 2. The van der Waals surface area contributed by atoms with Gasteiger partial charge in [-0.2, -0.15) is 0 Å². The number of nitrogens with one attached hydrogen (secondary N) is 1. The van der Waals surface area contributed by atoms with Crippen molar-refractivity contribution in [3.63, 3.8) is 0 Å². The number of guanidine groups is 1. The fourth-order valence-electron chi connectivity index (χ4n) is 2.47. The topological polar surface area (TPSA) is 27.6 Å². The first-order valence-corrected chi connectivity index (χ1v) is 8.07. The van der Waals surface area contributed by atoms with E-state index in [0.717, 1.165) is 31.5 Å². The van der Waals surface area contributed by atoms with Crippen molar-refractivity contribution in [2.24, 2.45) is 10.9 Å². The molecule has 1 N–H and O–H groups in total. The molecule has 0 spiro atoms. The van der Waals surface area contributed by atoms with E-state index in [2.05, 4.69) is 46.6 Å². The Kier molecular flexibility index (Phi) is 5.25. The maximum absolute atomic E-state index is 4.42. The van der Waals surface area contributed by atoms with Crippen LogP contribution in [0.15, 0.2) is 22.5 Å². The van der Waals surface area contributed by atoms with Crippen LogP contribution >= 0.6 is 11.3 Å². The van der Waals surface area contributed by atoms with Crippen molar-refractivity contribution in [2.75, 3.05) is 26.7 Å². The van der Waals surface area contributed by atoms with Crippen LogP contribution in [0.2, 0.25) is 0 Å². The smallest absolute Gasteiger partial charge is 0.193 e. The molecule has 0 amide bonds. The molecule has 1 aliphatic heterocycles. The number of piperidine rings is 1. The number of aliphatic imine (C=N–C) groups is 1. The van der Waals surface area contributed by atoms with Gasteiger partial charge in [0.2, 0.25) is 0 Å². The van der Waals surface area contributed by atoms with Crippen LogP contribution in [0.3, 0.4) is 0 Å². The predicted molar refractivity (Wildman–Crippen MR) is 84.1 cm³/mol. The Morgan fingerprint density at radius 2 is 2.26 bits per heavy atom. The summed E-state index contributed by atoms with van der Waals surface area (Å²) in [4.78, 5) is 8.25. The first-order chi connectivity index (χ1) is 9.20. The van der Waals surface area contributed by atoms with Crippen molar-refractivity contribution in [1.29, 1.82) is 0 Å². The van der Waals surface area contributed by atoms with Crippen molar-refractivity contribution in [2.45, 2.75) is 32.6 Å². The molecular formula is C15H25N3S. The fraction of sp³-hybridized carbons (Fsp3) is 0.667. The van der Waals surface area contributed by atoms with E-state index in [1.807, 2.05) is 18.4 Å². The van der Waals surface area contributed by atoms with Crippen LogP contribution in [0.25, 0.3) is 0 Å². The summed E-state index contributed by atoms with van der Waals surface area (Å²) >= 11 is 1.83. The van der Waals surface area contributed by atoms with E-state index in [1.54, 1.807) is 0 Å². The Labute approximate surface area is 120 Å². The van der Waals surface area contributed by atoms with Crippen molar-refractivity contribution in [3.05, 3.63) is 22.4 Å². The van der Waals surface area contributed by atoms with Crippen LogP contribution in [0.1, 0.15) is 37.5 Å². The van der Waals surface area contributed by atoms with Crippen LogP contribution in [0.5, 0.6) is 0 Å². The highest BCUT2D eigenvalue weighted by Gasteiger charge is 2.19. The average Bonchev–Trinajstić information content (AvgIpc) is 2.95. The van der Waals surface area contributed by atoms with Gasteiger partial charge in [0, 0.05) is 37.5 Å². The van der Waals surface area contributed by atoms with E-state index in [1.165, 1.54) is 17.7 Å². The van der Waals surface area contributed by atoms with Gasteiger partial charge in [0.1, 0.15) is 0 Å². The molecule has 1 aromatic heterocycles. The minimum Gasteiger partial charge on any atom is -0.356 e. The quantitative estimate of drug-likeness (QED) is 0.680. The molecule has 1 fully saturated rings. The van der Waals surface area contributed by atoms with Crippen LogP contribution in [-0.4, -0.2) is 37.5 Å². The number of nitrogens with zero attached hydrogens (tertiary/aromatic N) is 2. The Hall–Kier alpha value is -1.03. The molecule has 1 atom stereocenters. The number of rotatable bonds is 3. The lowest BCUT2D eigenvalue weighted by atomic mass is 9.99. The molecular weight excluding hydrogens is 254 g/mol. The molecule has 0 aromatic carbocycles. The Morgan fingerprint density at radius 3 is 2.84 bits per heavy atom. The molecule has 1 unspecified atom stereocenters. The lowest BCUT2D eigenvalue weighted by Crippen LogP contribution is -2.46. The molecule has 19 heavy (non-hydrogen) atoms. The lowest BCUT2D eigenvalue weighted by molar-refractivity contribution is 0.273. The van der Waals surface area contributed by atoms with E-state index < -0.39 is 0 Å². The molecule has 0 bridgehead atoms. The third-order valence-electron chi connectivity index (χ3n) is 3.89. The van der Waals surface area contributed by atoms with Gasteiger partial charge in [-0.3, -0.25) is 4.99 Å². The van der Waals surface area contributed by atoms with E-state index in [-0.39, 0.29) is 0 Å². The second-order valence-corrected chi connectivity index (χ2v) is 6.49. The molecule has 1 saturated heterocycles. The van der Waals surface area contributed by atoms with Crippen LogP contribution in [0.4, 0.5) is 0 Å². The summed E-state index contributed by atoms with van der Waals surface area (Å²) in [6.07, 6.45) is 2.56. The summed E-state index contributed by atoms with van der Waals surface area (Å²) in [5.41, 5.74) is 0. The summed E-state index contributed by atoms with van der Waals surface area (Å²) in [5, 5.41) is 5.67. The summed E-state index contributed by atoms with van der Waals surface area (Å²) in [6, 6.07) is 4.33. The van der Waals surface area contributed by atoms with E-state index in [9.17, 15) is 0 Å². The van der Waals surface area contributed by atoms with Gasteiger partial charge in [-0.15, -0.1) is 11.3 Å². The molecule has 2 rings (SSSR count). The van der Waals surface area contributed by atoms with E-state index in [0.29, 0.717) is 5.92 Å². The monoisotopic (exact) mass is 279 g/mol. The Balaban J connectivity index is 1.83. The second-order valence-electron chi connectivity index (χ2n) is 5.51. The number of hydrogen-bond donors (Lipinski definition) is 1. The third kappa shape index (κ3) is 3.96. The maximum Gasteiger partial charge on any atom is 0.193 e. The van der Waals surface area contributed by atoms with Gasteiger partial charge in [0.15, 0.2) is 5.96 Å². The van der Waals surface area contributed by atoms with E-state index >= 15 is 0 Å². The van der Waals surface area contributed by atoms with E-state index in [4.69, 9.17) is 0 Å². The summed E-state index contributed by atoms with van der Waals surface area (Å²) in [7, 11) is 1.89. The van der Waals surface area contributed by atoms with Crippen molar-refractivity contribution in [3.8, 4) is 0 Å². The van der Waals surface area contributed by atoms with Gasteiger partial charge >= 0.3 is 0 Å². The van der Waals surface area contributed by atoms with Crippen molar-refractivity contribution >= 4 is 17.3 Å². The average molecular weight is 279 g/mol. The molecule has 106 valence electrons. The first-order valence-electron chi connectivity index (χ1n) is 7.19. The SMILES string of the molecule is CN=C(NCC(C)c1cccs1)N1CCC(C)CC1. The van der Waals surface area contributed by atoms with Crippen molar-refractivity contribution in [1.82, 2.24) is 10.2 Å². The number of thiophene rings is 1. The molecule has 1 aliphatic rings. The minimum absolute atomic E-state index is 0.542. The molecule has 0 aliphatic carbocycles. The largest absolute Gasteiger partial charge is 0.356 e. The molecule has 3 nitrogen and oxygen atoms in total. The summed E-state index contributed by atoms with van der Waals surface area (Å²) in [6.45, 7) is 7.83. The molecule has 4 heteroatoms. The van der Waals surface area contributed by atoms with Crippen LogP contribution in [0, 0.1) is 5.92 Å². The normalized spacial score (nSPS) is 19.5. The maximum atomic E-state index is 4.42. The van der Waals surface area contributed by atoms with Gasteiger partial charge in [0.05, 0.1) is 0 Å². The van der Waals surface area contributed by atoms with Crippen molar-refractivity contribution < 1.29 is 0 Å². The Morgan fingerprint density at radius 1 is 1.53 bits per heavy atom. The van der Waals surface area contributed by atoms with Gasteiger partial charge < -0.3 is 10.2 Å². The molecule has 0 radical (unpaired) electrons. The summed E-state index contributed by atoms with van der Waals surface area (Å²) in [5.74, 6) is 2.47. The molecule has 0 saturated carbocycles. The highest BCUT2D eigenvalue weighted by atomic mass is 32.1. The lowest BCUT2D eigenvalue weighted by Gasteiger charge is -2.33. The fourth-order valence-corrected chi connectivity index (χ4v) is 3.26. The van der Waals surface area contributed by atoms with Gasteiger partial charge in [-0.25, -0.2) is 0 Å². The van der Waals surface area contributed by atoms with Gasteiger partial charge in [-0.05, 0) is 30.2 Å². The van der Waals surface area contributed by atoms with Crippen LogP contribution in [-0.2, 0) is 0 Å². The molecule has 1 aromatic rings. The zero-order valence-corrected chi connectivity index (χ0v) is 13.0. The van der Waals surface area contributed by atoms with Crippen LogP contribution < -0.4 is 5.32 Å². The predicted octanol–water partition coefficient (Wildman–Crippen LogP) is 3.16. The third-order valence-corrected chi connectivity index (χ3v) is 4.99. The van der Waals surface area contributed by atoms with Gasteiger partial charge in [-0.1, -0.05) is 19.9 Å². The minimum atomic E-state index is 0.542. The highest BCUT2D eigenvalue weighted by Crippen LogP contribution is 2.20. The summed E-state index contributed by atoms with van der Waals surface area (Å²) < 4.78 is 0. The van der Waals surface area contributed by atoms with Gasteiger partial charge in [0.25, 0.3) is 0 Å². The standard InChI is InChI=1S/C15H25N3S/c1-12-6-8-18(9-7-12)15(16-3)17-11-13(2)14-5-4-10-19-14/h4-5,10,12-13H,6-9,11H2,1-3H3,(H,16,17). The number of likely N-dealkylation sites (tertiary alicyclic amines) is 1. The highest BCUT2D eigenvalue weighted by molar-refractivity contribution is 7.10. The second kappa shape index (κ2) is 6.94. The first kappa shape index (κ1) is 14.4. The zero-order chi connectivity index (χ0) is 13.7.